The van der Waals surface area contributed by atoms with Crippen molar-refractivity contribution in [3.8, 4) is 5.75 Å². The van der Waals surface area contributed by atoms with Crippen LogP contribution in [0.1, 0.15) is 16.0 Å². The molecule has 0 saturated carbocycles. The Hall–Kier alpha value is -2.28. The van der Waals surface area contributed by atoms with Crippen LogP contribution in [0.5, 0.6) is 5.75 Å². The molecule has 144 valence electrons. The maximum Gasteiger partial charge on any atom is 0.206 e. The van der Waals surface area contributed by atoms with Crippen molar-refractivity contribution in [2.75, 3.05) is 7.11 Å². The molecule has 4 nitrogen and oxygen atoms in total. The predicted molar refractivity (Wildman–Crippen MR) is 112 cm³/mol. The van der Waals surface area contributed by atoms with Crippen LogP contribution in [-0.2, 0) is 22.9 Å². The number of hydrogen-bond acceptors (Lipinski definition) is 5. The lowest BCUT2D eigenvalue weighted by Gasteiger charge is -2.23. The Kier molecular flexibility index (Phi) is 5.19. The van der Waals surface area contributed by atoms with E-state index < -0.39 is 9.84 Å². The van der Waals surface area contributed by atoms with Gasteiger partial charge in [0.1, 0.15) is 5.75 Å². The van der Waals surface area contributed by atoms with Crippen LogP contribution in [0, 0.1) is 0 Å². The van der Waals surface area contributed by atoms with Crippen molar-refractivity contribution < 1.29 is 13.2 Å². The first-order chi connectivity index (χ1) is 13.5. The van der Waals surface area contributed by atoms with Gasteiger partial charge in [-0.15, -0.1) is 11.3 Å². The topological polar surface area (TPSA) is 46.6 Å². The fraction of sp³-hybridized carbons (Fsp3) is 0.143. The smallest absolute Gasteiger partial charge is 0.206 e. The van der Waals surface area contributed by atoms with Crippen molar-refractivity contribution in [3.05, 3.63) is 81.1 Å². The number of hydrogen-bond donors (Lipinski definition) is 0. The molecule has 1 aromatic heterocycles. The summed E-state index contributed by atoms with van der Waals surface area (Å²) in [5.41, 5.74) is 2.33. The van der Waals surface area contributed by atoms with E-state index in [9.17, 15) is 8.42 Å². The largest absolute Gasteiger partial charge is 0.497 e. The highest BCUT2D eigenvalue weighted by Gasteiger charge is 2.20. The van der Waals surface area contributed by atoms with Crippen molar-refractivity contribution in [1.29, 1.82) is 0 Å². The summed E-state index contributed by atoms with van der Waals surface area (Å²) < 4.78 is 31.0. The predicted octanol–water partition coefficient (Wildman–Crippen LogP) is 5.23. The second-order valence-electron chi connectivity index (χ2n) is 6.49. The molecule has 4 rings (SSSR count). The van der Waals surface area contributed by atoms with Gasteiger partial charge in [0.25, 0.3) is 0 Å². The highest BCUT2D eigenvalue weighted by Crippen LogP contribution is 2.29. The van der Waals surface area contributed by atoms with Crippen LogP contribution >= 0.6 is 22.9 Å². The molecule has 0 atom stereocenters. The first-order valence-corrected chi connectivity index (χ1v) is 11.4. The fourth-order valence-corrected chi connectivity index (χ4v) is 5.61. The molecule has 0 radical (unpaired) electrons. The number of fused-ring (bicyclic) bond motifs is 1. The minimum absolute atomic E-state index is 0.119. The lowest BCUT2D eigenvalue weighted by Crippen LogP contribution is -2.18. The molecule has 1 aliphatic rings. The molecule has 1 aliphatic heterocycles. The second-order valence-corrected chi connectivity index (χ2v) is 9.88. The molecule has 0 bridgehead atoms. The zero-order valence-electron chi connectivity index (χ0n) is 15.1. The van der Waals surface area contributed by atoms with Gasteiger partial charge in [-0.3, -0.25) is 0 Å². The van der Waals surface area contributed by atoms with Gasteiger partial charge in [-0.05, 0) is 59.0 Å². The van der Waals surface area contributed by atoms with Gasteiger partial charge in [0.2, 0.25) is 9.84 Å². The molecule has 0 unspecified atom stereocenters. The molecule has 2 aromatic carbocycles. The van der Waals surface area contributed by atoms with Gasteiger partial charge in [0, 0.05) is 22.6 Å². The van der Waals surface area contributed by atoms with E-state index in [-0.39, 0.29) is 9.79 Å². The maximum absolute atomic E-state index is 12.9. The fourth-order valence-electron chi connectivity index (χ4n) is 3.11. The third-order valence-electron chi connectivity index (χ3n) is 4.60. The van der Waals surface area contributed by atoms with E-state index in [0.29, 0.717) is 10.8 Å². The standard InChI is InChI=1S/C21H18ClNO3S2/c1-26-18-10-17(22)11-20(12-18)28(24,25)19-4-2-15(3-5-19)13-23-8-6-16-7-9-27-21(16)14-23/h2-12H,13-14H2,1H3. The summed E-state index contributed by atoms with van der Waals surface area (Å²) in [5, 5.41) is 2.42. The van der Waals surface area contributed by atoms with E-state index in [2.05, 4.69) is 28.6 Å². The number of methoxy groups -OCH3 is 1. The average molecular weight is 432 g/mol. The summed E-state index contributed by atoms with van der Waals surface area (Å²) in [6, 6.07) is 13.6. The number of benzene rings is 2. The van der Waals surface area contributed by atoms with Crippen LogP contribution in [0.2, 0.25) is 5.02 Å². The summed E-state index contributed by atoms with van der Waals surface area (Å²) in [4.78, 5) is 3.91. The minimum atomic E-state index is -3.67. The van der Waals surface area contributed by atoms with Crippen LogP contribution in [0.3, 0.4) is 0 Å². The Morgan fingerprint density at radius 1 is 1.11 bits per heavy atom. The highest BCUT2D eigenvalue weighted by molar-refractivity contribution is 7.91. The zero-order valence-corrected chi connectivity index (χ0v) is 17.5. The van der Waals surface area contributed by atoms with Gasteiger partial charge >= 0.3 is 0 Å². The van der Waals surface area contributed by atoms with Gasteiger partial charge in [-0.2, -0.15) is 0 Å². The first-order valence-electron chi connectivity index (χ1n) is 8.63. The summed E-state index contributed by atoms with van der Waals surface area (Å²) in [7, 11) is -2.19. The Morgan fingerprint density at radius 2 is 1.89 bits per heavy atom. The third kappa shape index (κ3) is 3.81. The molecular weight excluding hydrogens is 414 g/mol. The molecule has 0 amide bonds. The second kappa shape index (κ2) is 7.62. The van der Waals surface area contributed by atoms with Gasteiger partial charge in [-0.25, -0.2) is 8.42 Å². The lowest BCUT2D eigenvalue weighted by molar-refractivity contribution is 0.363. The molecular formula is C21H18ClNO3S2. The molecule has 3 aromatic rings. The van der Waals surface area contributed by atoms with Crippen LogP contribution in [0.4, 0.5) is 0 Å². The number of sulfone groups is 1. The van der Waals surface area contributed by atoms with E-state index in [1.807, 2.05) is 12.1 Å². The molecule has 0 N–H and O–H groups in total. The van der Waals surface area contributed by atoms with Gasteiger partial charge in [-0.1, -0.05) is 23.7 Å². The number of ether oxygens (including phenoxy) is 1. The van der Waals surface area contributed by atoms with Crippen molar-refractivity contribution in [1.82, 2.24) is 4.90 Å². The zero-order chi connectivity index (χ0) is 19.7. The Bertz CT molecular complexity index is 1130. The Balaban J connectivity index is 1.54. The van der Waals surface area contributed by atoms with Gasteiger partial charge < -0.3 is 9.64 Å². The molecule has 2 heterocycles. The minimum Gasteiger partial charge on any atom is -0.497 e. The summed E-state index contributed by atoms with van der Waals surface area (Å²) in [6.07, 6.45) is 4.19. The van der Waals surface area contributed by atoms with Crippen LogP contribution < -0.4 is 4.74 Å². The Morgan fingerprint density at radius 3 is 2.64 bits per heavy atom. The molecule has 0 fully saturated rings. The van der Waals surface area contributed by atoms with E-state index >= 15 is 0 Å². The van der Waals surface area contributed by atoms with E-state index in [1.54, 1.807) is 29.5 Å². The normalized spacial score (nSPS) is 13.4. The quantitative estimate of drug-likeness (QED) is 0.555. The molecule has 0 spiro atoms. The van der Waals surface area contributed by atoms with Gasteiger partial charge in [0.15, 0.2) is 0 Å². The van der Waals surface area contributed by atoms with Crippen molar-refractivity contribution in [2.45, 2.75) is 22.9 Å². The van der Waals surface area contributed by atoms with Crippen molar-refractivity contribution in [2.24, 2.45) is 0 Å². The van der Waals surface area contributed by atoms with Crippen molar-refractivity contribution >= 4 is 38.9 Å². The third-order valence-corrected chi connectivity index (χ3v) is 7.49. The van der Waals surface area contributed by atoms with Crippen LogP contribution in [0.25, 0.3) is 6.08 Å². The number of halogens is 1. The molecule has 0 aliphatic carbocycles. The first kappa shape index (κ1) is 19.1. The van der Waals surface area contributed by atoms with Crippen LogP contribution in [-0.4, -0.2) is 20.4 Å². The lowest BCUT2D eigenvalue weighted by atomic mass is 10.1. The van der Waals surface area contributed by atoms with E-state index in [1.165, 1.54) is 29.7 Å². The van der Waals surface area contributed by atoms with Crippen molar-refractivity contribution in [3.63, 3.8) is 0 Å². The van der Waals surface area contributed by atoms with Crippen LogP contribution in [0.15, 0.2) is 69.9 Å². The monoisotopic (exact) mass is 431 g/mol. The maximum atomic E-state index is 12.9. The van der Waals surface area contributed by atoms with E-state index in [0.717, 1.165) is 18.7 Å². The highest BCUT2D eigenvalue weighted by atomic mass is 35.5. The SMILES string of the molecule is COc1cc(Cl)cc(S(=O)(=O)c2ccc(CN3C=Cc4ccsc4C3)cc2)c1. The summed E-state index contributed by atoms with van der Waals surface area (Å²) in [5.74, 6) is 0.410. The average Bonchev–Trinajstić information content (AvgIpc) is 3.15. The summed E-state index contributed by atoms with van der Waals surface area (Å²) >= 11 is 7.78. The van der Waals surface area contributed by atoms with E-state index in [4.69, 9.17) is 16.3 Å². The molecule has 7 heteroatoms. The number of rotatable bonds is 5. The van der Waals surface area contributed by atoms with Gasteiger partial charge in [0.05, 0.1) is 23.4 Å². The molecule has 28 heavy (non-hydrogen) atoms. The summed E-state index contributed by atoms with van der Waals surface area (Å²) in [6.45, 7) is 1.59. The number of nitrogens with zero attached hydrogens (tertiary/aromatic N) is 1. The molecule has 0 saturated heterocycles. The number of thiophene rings is 1. The Labute approximate surface area is 173 Å².